The maximum absolute atomic E-state index is 13.6. The van der Waals surface area contributed by atoms with Crippen molar-refractivity contribution < 1.29 is 36.8 Å². The number of carbonyl (C=O) groups is 2. The first-order valence-electron chi connectivity index (χ1n) is 19.1. The molecule has 52 heavy (non-hydrogen) atoms. The fourth-order valence-electron chi connectivity index (χ4n) is 9.46. The van der Waals surface area contributed by atoms with Gasteiger partial charge in [-0.25, -0.2) is 18.0 Å². The fraction of sp³-hybridized carbons (Fsp3) is 0.769. The van der Waals surface area contributed by atoms with Crippen molar-refractivity contribution in [2.75, 3.05) is 19.7 Å². The van der Waals surface area contributed by atoms with Crippen molar-refractivity contribution in [3.63, 3.8) is 0 Å². The lowest BCUT2D eigenvalue weighted by Gasteiger charge is -2.64. The zero-order valence-corrected chi connectivity index (χ0v) is 32.3. The van der Waals surface area contributed by atoms with Gasteiger partial charge in [-0.1, -0.05) is 39.3 Å². The summed E-state index contributed by atoms with van der Waals surface area (Å²) in [6.07, 6.45) is 4.82. The van der Waals surface area contributed by atoms with E-state index in [1.54, 1.807) is 17.0 Å². The second-order valence-electron chi connectivity index (χ2n) is 17.8. The van der Waals surface area contributed by atoms with Crippen LogP contribution in [0.4, 0.5) is 18.0 Å². The average molecular weight is 731 g/mol. The Kier molecular flexibility index (Phi) is 11.8. The maximum Gasteiger partial charge on any atom is 0.482 e. The third kappa shape index (κ3) is 8.44. The Bertz CT molecular complexity index is 1490. The molecule has 9 nitrogen and oxygen atoms in total. The van der Waals surface area contributed by atoms with Crippen LogP contribution in [0, 0.1) is 34.4 Å². The summed E-state index contributed by atoms with van der Waals surface area (Å²) < 4.78 is 57.9. The summed E-state index contributed by atoms with van der Waals surface area (Å²) in [6, 6.07) is 8.20. The molecule has 6 fully saturated rings. The first-order valence-corrected chi connectivity index (χ1v) is 19.1. The minimum atomic E-state index is -2.45. The molecule has 3 saturated heterocycles. The van der Waals surface area contributed by atoms with Gasteiger partial charge in [0.15, 0.2) is 0 Å². The molecule has 288 valence electrons. The number of alkyl halides is 2. The first-order chi connectivity index (χ1) is 24.2. The lowest BCUT2D eigenvalue weighted by Crippen LogP contribution is -2.65. The van der Waals surface area contributed by atoms with Gasteiger partial charge in [-0.2, -0.15) is 5.26 Å². The molecule has 3 heterocycles. The number of nitrogens with zero attached hydrogens (tertiary/aromatic N) is 3. The van der Waals surface area contributed by atoms with Gasteiger partial charge in [0.2, 0.25) is 5.91 Å². The summed E-state index contributed by atoms with van der Waals surface area (Å²) in [5.74, 6) is -2.60. The minimum absolute atomic E-state index is 0.0180. The van der Waals surface area contributed by atoms with Crippen LogP contribution in [0.2, 0.25) is 0 Å². The molecule has 7 atom stereocenters. The van der Waals surface area contributed by atoms with E-state index < -0.39 is 36.2 Å². The molecule has 3 aliphatic carbocycles. The van der Waals surface area contributed by atoms with E-state index in [-0.39, 0.29) is 60.8 Å². The number of rotatable bonds is 9. The Hall–Kier alpha value is -2.82. The number of nitriles is 1. The van der Waals surface area contributed by atoms with E-state index >= 15 is 0 Å². The molecular weight excluding hydrogens is 672 g/mol. The lowest BCUT2D eigenvalue weighted by atomic mass is 9.43. The molecule has 1 aromatic rings. The van der Waals surface area contributed by atoms with Gasteiger partial charge in [-0.05, 0) is 108 Å². The van der Waals surface area contributed by atoms with Crippen LogP contribution in [0.25, 0.3) is 0 Å². The summed E-state index contributed by atoms with van der Waals surface area (Å²) in [7, 11) is -0.678. The van der Waals surface area contributed by atoms with Gasteiger partial charge < -0.3 is 24.3 Å². The SMILES string of the molecule is CC(C)(C)N1CCC(F)(F)C1.CCCC1CCC(C)(COC(=O)NC(Cc2ccc(F)cc2)B2O[C@@H]3CC4CC(C4(C)C)[C@]3(C)O2)N1C(=O)CC#N. The van der Waals surface area contributed by atoms with Crippen molar-refractivity contribution in [3.8, 4) is 6.07 Å². The molecule has 3 saturated carbocycles. The first kappa shape index (κ1) is 40.4. The third-order valence-corrected chi connectivity index (χ3v) is 12.7. The Balaban J connectivity index is 0.000000407. The van der Waals surface area contributed by atoms with Crippen molar-refractivity contribution >= 4 is 19.1 Å². The van der Waals surface area contributed by atoms with Gasteiger partial charge in [0.05, 0.1) is 35.8 Å². The van der Waals surface area contributed by atoms with E-state index in [0.29, 0.717) is 31.2 Å². The summed E-state index contributed by atoms with van der Waals surface area (Å²) in [5.41, 5.74) is -0.217. The lowest BCUT2D eigenvalue weighted by molar-refractivity contribution is -0.199. The van der Waals surface area contributed by atoms with Gasteiger partial charge in [0.25, 0.3) is 5.92 Å². The zero-order chi connectivity index (χ0) is 38.3. The van der Waals surface area contributed by atoms with Crippen molar-refractivity contribution in [3.05, 3.63) is 35.6 Å². The Morgan fingerprint density at radius 3 is 2.38 bits per heavy atom. The highest BCUT2D eigenvalue weighted by atomic mass is 19.3. The number of benzene rings is 1. The van der Waals surface area contributed by atoms with Crippen LogP contribution in [0.5, 0.6) is 0 Å². The van der Waals surface area contributed by atoms with Gasteiger partial charge in [0.1, 0.15) is 18.8 Å². The van der Waals surface area contributed by atoms with Crippen LogP contribution in [0.15, 0.2) is 24.3 Å². The molecule has 5 unspecified atom stereocenters. The van der Waals surface area contributed by atoms with Gasteiger partial charge in [-0.3, -0.25) is 9.69 Å². The van der Waals surface area contributed by atoms with Crippen LogP contribution in [-0.4, -0.2) is 89.3 Å². The number of hydrogen-bond donors (Lipinski definition) is 1. The molecular formula is C39H58BF3N4O5. The molecule has 1 aromatic carbocycles. The standard InChI is InChI=1S/C31H43BFN3O5.C8H15F2N/c1-6-7-23-12-14-30(4,36(23)27(37)13-15-34)19-39-28(38)35-26(16-20-8-10-22(33)11-9-20)32-40-25-18-21-17-24(29(21,2)3)31(25,5)41-32;1-7(2,3)11-5-4-8(9,10)6-11/h8-11,21,23-26H,6-7,12-14,16-19H2,1-5H3,(H,35,38);4-6H2,1-3H3/t21?,23?,24?,25-,26?,30?,31+;/m1./s1. The van der Waals surface area contributed by atoms with E-state index in [1.807, 2.05) is 38.7 Å². The average Bonchev–Trinajstić information content (AvgIpc) is 3.73. The molecule has 7 rings (SSSR count). The second-order valence-corrected chi connectivity index (χ2v) is 17.8. The van der Waals surface area contributed by atoms with Crippen molar-refractivity contribution in [2.45, 2.75) is 154 Å². The van der Waals surface area contributed by atoms with Gasteiger partial charge >= 0.3 is 13.2 Å². The van der Waals surface area contributed by atoms with E-state index in [9.17, 15) is 22.8 Å². The third-order valence-electron chi connectivity index (χ3n) is 12.7. The van der Waals surface area contributed by atoms with E-state index in [4.69, 9.17) is 19.3 Å². The molecule has 0 radical (unpaired) electrons. The molecule has 13 heteroatoms. The summed E-state index contributed by atoms with van der Waals surface area (Å²) >= 11 is 0. The molecule has 1 N–H and O–H groups in total. The fourth-order valence-corrected chi connectivity index (χ4v) is 9.46. The molecule has 0 aromatic heterocycles. The molecule has 0 spiro atoms. The summed E-state index contributed by atoms with van der Waals surface area (Å²) in [5, 5.41) is 12.1. The number of carbonyl (C=O) groups excluding carboxylic acids is 2. The molecule has 2 bridgehead atoms. The highest BCUT2D eigenvalue weighted by molar-refractivity contribution is 6.47. The molecule has 6 aliphatic rings. The summed E-state index contributed by atoms with van der Waals surface area (Å²) in [4.78, 5) is 29.8. The minimum Gasteiger partial charge on any atom is -0.447 e. The van der Waals surface area contributed by atoms with Crippen LogP contribution in [-0.2, 0) is 25.3 Å². The molecule has 3 aliphatic heterocycles. The van der Waals surface area contributed by atoms with Crippen LogP contribution in [0.1, 0.15) is 112 Å². The van der Waals surface area contributed by atoms with Crippen LogP contribution >= 0.6 is 0 Å². The highest BCUT2D eigenvalue weighted by Gasteiger charge is 2.68. The molecule has 2 amide bonds. The number of hydrogen-bond acceptors (Lipinski definition) is 7. The van der Waals surface area contributed by atoms with Crippen molar-refractivity contribution in [1.82, 2.24) is 15.1 Å². The van der Waals surface area contributed by atoms with Crippen molar-refractivity contribution in [1.29, 1.82) is 5.26 Å². The van der Waals surface area contributed by atoms with Gasteiger partial charge in [-0.15, -0.1) is 0 Å². The Labute approximate surface area is 308 Å². The largest absolute Gasteiger partial charge is 0.482 e. The smallest absolute Gasteiger partial charge is 0.447 e. The zero-order valence-electron chi connectivity index (χ0n) is 32.3. The topological polar surface area (TPSA) is 104 Å². The van der Waals surface area contributed by atoms with E-state index in [2.05, 4.69) is 33.0 Å². The predicted octanol–water partition coefficient (Wildman–Crippen LogP) is 7.32. The van der Waals surface area contributed by atoms with Crippen LogP contribution in [0.3, 0.4) is 0 Å². The van der Waals surface area contributed by atoms with E-state index in [1.165, 1.54) is 12.1 Å². The number of alkyl carbamates (subject to hydrolysis) is 1. The van der Waals surface area contributed by atoms with Crippen molar-refractivity contribution in [2.24, 2.45) is 17.3 Å². The number of nitrogens with one attached hydrogen (secondary N) is 1. The number of halogens is 3. The van der Waals surface area contributed by atoms with E-state index in [0.717, 1.165) is 37.7 Å². The number of ether oxygens (including phenoxy) is 1. The number of amides is 2. The second kappa shape index (κ2) is 15.1. The monoisotopic (exact) mass is 730 g/mol. The predicted molar refractivity (Wildman–Crippen MR) is 193 cm³/mol. The Morgan fingerprint density at radius 1 is 1.13 bits per heavy atom. The number of likely N-dealkylation sites (tertiary alicyclic amines) is 2. The normalized spacial score (nSPS) is 32.2. The summed E-state index contributed by atoms with van der Waals surface area (Å²) in [6.45, 7) is 17.1. The van der Waals surface area contributed by atoms with Crippen LogP contribution < -0.4 is 5.32 Å². The highest BCUT2D eigenvalue weighted by Crippen LogP contribution is 2.65. The maximum atomic E-state index is 13.6. The Morgan fingerprint density at radius 2 is 1.83 bits per heavy atom. The quantitative estimate of drug-likeness (QED) is 0.266. The van der Waals surface area contributed by atoms with Gasteiger partial charge in [0, 0.05) is 24.5 Å².